The smallest absolute Gasteiger partial charge is 0.0722 e. The van der Waals surface area contributed by atoms with Crippen molar-refractivity contribution in [3.05, 3.63) is 228 Å². The van der Waals surface area contributed by atoms with Crippen LogP contribution in [0.3, 0.4) is 0 Å². The third kappa shape index (κ3) is 5.44. The highest BCUT2D eigenvalue weighted by molar-refractivity contribution is 7.26. The van der Waals surface area contributed by atoms with Crippen molar-refractivity contribution in [2.75, 3.05) is 4.90 Å². The summed E-state index contributed by atoms with van der Waals surface area (Å²) in [4.78, 5) is 2.50. The molecule has 1 unspecified atom stereocenters. The topological polar surface area (TPSA) is 3.24 Å². The molecular weight excluding hydrogens is 731 g/mol. The van der Waals surface area contributed by atoms with Gasteiger partial charge < -0.3 is 4.90 Å². The summed E-state index contributed by atoms with van der Waals surface area (Å²) >= 11 is 1.89. The monoisotopic (exact) mass is 773 g/mol. The van der Waals surface area contributed by atoms with Crippen LogP contribution in [0.4, 0.5) is 17.1 Å². The van der Waals surface area contributed by atoms with Crippen LogP contribution in [0, 0.1) is 5.92 Å². The maximum Gasteiger partial charge on any atom is 0.0722 e. The van der Waals surface area contributed by atoms with Crippen LogP contribution >= 0.6 is 11.3 Å². The highest BCUT2D eigenvalue weighted by Gasteiger charge is 2.52. The summed E-state index contributed by atoms with van der Waals surface area (Å²) in [5.74, 6) is 0.429. The molecule has 0 bridgehead atoms. The van der Waals surface area contributed by atoms with Crippen LogP contribution in [-0.2, 0) is 5.41 Å². The molecule has 11 rings (SSSR count). The summed E-state index contributed by atoms with van der Waals surface area (Å²) in [5.41, 5.74) is 18.5. The molecule has 59 heavy (non-hydrogen) atoms. The normalized spacial score (nSPS) is 15.5. The van der Waals surface area contributed by atoms with Crippen LogP contribution in [0.1, 0.15) is 43.0 Å². The SMILES string of the molecule is CC1=C(/C=C\C(C)C)C2(c3ccccc31)c1ccccc1-c1c(N(c3ccc(-c4ccccc4)cc3)c3cccc(-c4cccc5c4sc4ccccc45)c3)cccc12. The van der Waals surface area contributed by atoms with E-state index in [1.807, 2.05) is 11.3 Å². The van der Waals surface area contributed by atoms with Gasteiger partial charge in [-0.2, -0.15) is 0 Å². The molecule has 2 heteroatoms. The van der Waals surface area contributed by atoms with E-state index in [2.05, 4.69) is 226 Å². The Morgan fingerprint density at radius 1 is 0.508 bits per heavy atom. The molecule has 1 heterocycles. The molecule has 1 aromatic heterocycles. The van der Waals surface area contributed by atoms with E-state index >= 15 is 0 Å². The van der Waals surface area contributed by atoms with E-state index in [4.69, 9.17) is 0 Å². The van der Waals surface area contributed by atoms with Crippen molar-refractivity contribution in [1.29, 1.82) is 0 Å². The van der Waals surface area contributed by atoms with Crippen molar-refractivity contribution in [3.63, 3.8) is 0 Å². The molecule has 2 aliphatic carbocycles. The summed E-state index contributed by atoms with van der Waals surface area (Å²) in [6.45, 7) is 6.86. The second kappa shape index (κ2) is 14.0. The van der Waals surface area contributed by atoms with E-state index in [1.165, 1.54) is 92.6 Å². The zero-order valence-corrected chi connectivity index (χ0v) is 34.3. The molecule has 0 radical (unpaired) electrons. The van der Waals surface area contributed by atoms with Crippen molar-refractivity contribution in [2.24, 2.45) is 5.92 Å². The number of fused-ring (bicyclic) bond motifs is 10. The molecule has 1 atom stereocenters. The number of thiophene rings is 1. The van der Waals surface area contributed by atoms with Crippen molar-refractivity contribution in [3.8, 4) is 33.4 Å². The van der Waals surface area contributed by atoms with Gasteiger partial charge >= 0.3 is 0 Å². The maximum atomic E-state index is 2.50. The van der Waals surface area contributed by atoms with Gasteiger partial charge in [0, 0.05) is 37.1 Å². The largest absolute Gasteiger partial charge is 0.310 e. The molecule has 0 saturated carbocycles. The molecule has 282 valence electrons. The van der Waals surface area contributed by atoms with Gasteiger partial charge in [-0.15, -0.1) is 11.3 Å². The number of hydrogen-bond acceptors (Lipinski definition) is 2. The number of benzene rings is 8. The Hall–Kier alpha value is -6.74. The molecule has 0 N–H and O–H groups in total. The fourth-order valence-corrected chi connectivity index (χ4v) is 11.2. The minimum atomic E-state index is -0.435. The Balaban J connectivity index is 1.16. The van der Waals surface area contributed by atoms with Crippen molar-refractivity contribution < 1.29 is 0 Å². The van der Waals surface area contributed by atoms with Gasteiger partial charge in [0.1, 0.15) is 0 Å². The molecular formula is C57H43NS. The molecule has 2 aliphatic rings. The number of allylic oxidation sites excluding steroid dienone is 4. The number of anilines is 3. The molecule has 0 saturated heterocycles. The van der Waals surface area contributed by atoms with Gasteiger partial charge in [-0.05, 0) is 110 Å². The highest BCUT2D eigenvalue weighted by atomic mass is 32.1. The van der Waals surface area contributed by atoms with E-state index in [0.29, 0.717) is 5.92 Å². The lowest BCUT2D eigenvalue weighted by atomic mass is 9.69. The number of rotatable bonds is 7. The Labute approximate surface area is 350 Å². The molecule has 0 aliphatic heterocycles. The summed E-state index contributed by atoms with van der Waals surface area (Å²) < 4.78 is 2.64. The van der Waals surface area contributed by atoms with Crippen molar-refractivity contribution in [2.45, 2.75) is 26.2 Å². The van der Waals surface area contributed by atoms with Gasteiger partial charge in [0.05, 0.1) is 11.1 Å². The minimum Gasteiger partial charge on any atom is -0.310 e. The summed E-state index contributed by atoms with van der Waals surface area (Å²) in [7, 11) is 0. The number of hydrogen-bond donors (Lipinski definition) is 0. The first kappa shape index (κ1) is 35.4. The second-order valence-electron chi connectivity index (χ2n) is 16.3. The molecule has 0 amide bonds. The van der Waals surface area contributed by atoms with Gasteiger partial charge in [0.2, 0.25) is 0 Å². The lowest BCUT2D eigenvalue weighted by molar-refractivity contribution is 0.776. The molecule has 0 fully saturated rings. The summed E-state index contributed by atoms with van der Waals surface area (Å²) in [6.07, 6.45) is 4.80. The van der Waals surface area contributed by atoms with Gasteiger partial charge in [0.25, 0.3) is 0 Å². The second-order valence-corrected chi connectivity index (χ2v) is 17.3. The van der Waals surface area contributed by atoms with Crippen LogP contribution in [0.25, 0.3) is 59.1 Å². The summed E-state index contributed by atoms with van der Waals surface area (Å²) in [6, 6.07) is 69.8. The highest BCUT2D eigenvalue weighted by Crippen LogP contribution is 2.64. The van der Waals surface area contributed by atoms with E-state index in [0.717, 1.165) is 11.4 Å². The predicted molar refractivity (Wildman–Crippen MR) is 253 cm³/mol. The maximum absolute atomic E-state index is 2.50. The molecule has 9 aromatic rings. The van der Waals surface area contributed by atoms with Crippen molar-refractivity contribution >= 4 is 54.1 Å². The van der Waals surface area contributed by atoms with Crippen LogP contribution < -0.4 is 4.90 Å². The van der Waals surface area contributed by atoms with E-state index in [-0.39, 0.29) is 0 Å². The average Bonchev–Trinajstić information content (AvgIpc) is 3.90. The Kier molecular flexibility index (Phi) is 8.39. The first-order chi connectivity index (χ1) is 29.0. The average molecular weight is 774 g/mol. The Morgan fingerprint density at radius 3 is 1.93 bits per heavy atom. The third-order valence-electron chi connectivity index (χ3n) is 12.5. The Morgan fingerprint density at radius 2 is 1.12 bits per heavy atom. The van der Waals surface area contributed by atoms with E-state index in [9.17, 15) is 0 Å². The summed E-state index contributed by atoms with van der Waals surface area (Å²) in [5, 5.41) is 2.63. The Bertz CT molecular complexity index is 3140. The van der Waals surface area contributed by atoms with E-state index < -0.39 is 5.41 Å². The van der Waals surface area contributed by atoms with Gasteiger partial charge in [-0.1, -0.05) is 178 Å². The van der Waals surface area contributed by atoms with Crippen LogP contribution in [0.2, 0.25) is 0 Å². The van der Waals surface area contributed by atoms with Gasteiger partial charge in [-0.3, -0.25) is 0 Å². The zero-order chi connectivity index (χ0) is 39.7. The van der Waals surface area contributed by atoms with Gasteiger partial charge in [0.15, 0.2) is 0 Å². The standard InChI is InChI=1S/C57H43NS/c1-37(2)30-35-49-38(3)44-20-7-10-25-50(44)57(49)51-26-11-8-22-48(51)55-52(57)27-15-28-53(55)58(42-33-31-40(32-34-42)39-16-5-4-6-17-39)43-19-13-18-41(36-43)45-23-14-24-47-46-21-9-12-29-54(46)59-56(45)47/h4-37H,1-3H3/b35-30-. The first-order valence-electron chi connectivity index (χ1n) is 20.7. The quantitative estimate of drug-likeness (QED) is 0.156. The third-order valence-corrected chi connectivity index (χ3v) is 13.8. The van der Waals surface area contributed by atoms with Gasteiger partial charge in [-0.25, -0.2) is 0 Å². The molecule has 1 spiro atoms. The zero-order valence-electron chi connectivity index (χ0n) is 33.5. The lowest BCUT2D eigenvalue weighted by Crippen LogP contribution is -2.27. The lowest BCUT2D eigenvalue weighted by Gasteiger charge is -2.33. The molecule has 8 aromatic carbocycles. The number of nitrogens with zero attached hydrogens (tertiary/aromatic N) is 1. The molecule has 1 nitrogen and oxygen atoms in total. The first-order valence-corrected chi connectivity index (χ1v) is 21.5. The minimum absolute atomic E-state index is 0.429. The van der Waals surface area contributed by atoms with E-state index in [1.54, 1.807) is 0 Å². The van der Waals surface area contributed by atoms with Crippen LogP contribution in [0.5, 0.6) is 0 Å². The fraction of sp³-hybridized carbons (Fsp3) is 0.0877. The predicted octanol–water partition coefficient (Wildman–Crippen LogP) is 16.2. The fourth-order valence-electron chi connectivity index (χ4n) is 9.97. The van der Waals surface area contributed by atoms with Crippen molar-refractivity contribution in [1.82, 2.24) is 0 Å². The van der Waals surface area contributed by atoms with Crippen LogP contribution in [-0.4, -0.2) is 0 Å². The van der Waals surface area contributed by atoms with Crippen LogP contribution in [0.15, 0.2) is 206 Å².